The summed E-state index contributed by atoms with van der Waals surface area (Å²) >= 11 is 3.40. The smallest absolute Gasteiger partial charge is 0.408 e. The fourth-order valence-electron chi connectivity index (χ4n) is 3.42. The molecule has 2 atom stereocenters. The largest absolute Gasteiger partial charge is 0.444 e. The van der Waals surface area contributed by atoms with Gasteiger partial charge in [0.15, 0.2) is 0 Å². The van der Waals surface area contributed by atoms with E-state index in [1.165, 1.54) is 4.31 Å². The Bertz CT molecular complexity index is 985. The van der Waals surface area contributed by atoms with Crippen molar-refractivity contribution in [2.45, 2.75) is 84.8 Å². The predicted molar refractivity (Wildman–Crippen MR) is 129 cm³/mol. The van der Waals surface area contributed by atoms with E-state index in [0.717, 1.165) is 15.6 Å². The number of halogens is 1. The maximum absolute atomic E-state index is 13.1. The zero-order valence-electron chi connectivity index (χ0n) is 20.2. The van der Waals surface area contributed by atoms with Crippen LogP contribution in [0, 0.1) is 0 Å². The molecular weight excluding hydrogens is 514 g/mol. The van der Waals surface area contributed by atoms with Crippen LogP contribution < -0.4 is 10.0 Å². The normalized spacial score (nSPS) is 17.0. The molecule has 0 bridgehead atoms. The average Bonchev–Trinajstić information content (AvgIpc) is 2.62. The molecule has 0 saturated carbocycles. The van der Waals surface area contributed by atoms with E-state index in [1.54, 1.807) is 48.5 Å². The van der Waals surface area contributed by atoms with Crippen LogP contribution in [0.25, 0.3) is 0 Å². The number of hydrogen-bond donors (Lipinski definition) is 2. The van der Waals surface area contributed by atoms with Crippen molar-refractivity contribution in [1.29, 1.82) is 0 Å². The van der Waals surface area contributed by atoms with Crippen LogP contribution in [-0.4, -0.2) is 54.6 Å². The minimum absolute atomic E-state index is 0.135. The van der Waals surface area contributed by atoms with Crippen LogP contribution in [0.5, 0.6) is 0 Å². The third kappa shape index (κ3) is 8.55. The number of ether oxygens (including phenoxy) is 2. The van der Waals surface area contributed by atoms with Crippen LogP contribution in [0.1, 0.15) is 59.6 Å². The highest BCUT2D eigenvalue weighted by molar-refractivity contribution is 9.10. The lowest BCUT2D eigenvalue weighted by Crippen LogP contribution is -2.57. The van der Waals surface area contributed by atoms with Gasteiger partial charge in [-0.1, -0.05) is 22.0 Å². The lowest BCUT2D eigenvalue weighted by Gasteiger charge is -2.32. The zero-order chi connectivity index (χ0) is 25.2. The molecule has 2 rings (SSSR count). The first-order valence-electron chi connectivity index (χ1n) is 10.7. The quantitative estimate of drug-likeness (QED) is 0.564. The van der Waals surface area contributed by atoms with Gasteiger partial charge < -0.3 is 14.8 Å². The summed E-state index contributed by atoms with van der Waals surface area (Å²) in [6.07, 6.45) is -1.15. The van der Waals surface area contributed by atoms with Crippen LogP contribution in [0.15, 0.2) is 22.7 Å². The summed E-state index contributed by atoms with van der Waals surface area (Å²) in [6, 6.07) is 4.44. The van der Waals surface area contributed by atoms with E-state index in [-0.39, 0.29) is 13.1 Å². The Kier molecular flexibility index (Phi) is 8.59. The van der Waals surface area contributed by atoms with Gasteiger partial charge in [0, 0.05) is 17.6 Å². The summed E-state index contributed by atoms with van der Waals surface area (Å²) in [5.74, 6) is -0.905. The van der Waals surface area contributed by atoms with Crippen molar-refractivity contribution in [3.05, 3.63) is 33.8 Å². The van der Waals surface area contributed by atoms with Gasteiger partial charge in [-0.3, -0.25) is 4.79 Å². The van der Waals surface area contributed by atoms with Gasteiger partial charge in [-0.25, -0.2) is 9.52 Å². The number of fused-ring (bicyclic) bond motifs is 1. The minimum Gasteiger partial charge on any atom is -0.444 e. The lowest BCUT2D eigenvalue weighted by molar-refractivity contribution is -0.129. The summed E-state index contributed by atoms with van der Waals surface area (Å²) in [5.41, 5.74) is 0.505. The summed E-state index contributed by atoms with van der Waals surface area (Å²) in [5, 5.41) is 2.46. The Labute approximate surface area is 204 Å². The molecule has 2 amide bonds. The van der Waals surface area contributed by atoms with Crippen molar-refractivity contribution in [3.63, 3.8) is 0 Å². The number of nitrogens with one attached hydrogen (secondary N) is 2. The van der Waals surface area contributed by atoms with E-state index >= 15 is 0 Å². The van der Waals surface area contributed by atoms with Crippen LogP contribution in [0.4, 0.5) is 4.79 Å². The number of alkyl carbamates (subject to hydrolysis) is 1. The number of carbonyl (C=O) groups excluding carboxylic acids is 2. The van der Waals surface area contributed by atoms with Gasteiger partial charge in [0.1, 0.15) is 11.6 Å². The van der Waals surface area contributed by atoms with E-state index in [1.807, 2.05) is 18.2 Å². The Hall–Kier alpha value is -1.69. The Morgan fingerprint density at radius 2 is 1.73 bits per heavy atom. The summed E-state index contributed by atoms with van der Waals surface area (Å²) in [6.45, 7) is 12.4. The number of benzene rings is 1. The second kappa shape index (κ2) is 10.3. The molecule has 0 saturated heterocycles. The molecule has 0 spiro atoms. The molecule has 0 fully saturated rings. The summed E-state index contributed by atoms with van der Waals surface area (Å²) in [7, 11) is -4.16. The van der Waals surface area contributed by atoms with Crippen molar-refractivity contribution < 1.29 is 27.5 Å². The van der Waals surface area contributed by atoms with E-state index in [4.69, 9.17) is 9.47 Å². The SMILES string of the molecule is C[C@@H](OC(C)(C)C)[C@H](NC(=O)OC(C)(C)C)C(=O)NS(=O)(=O)N1CCc2ccc(Br)cc2C1. The molecule has 9 nitrogen and oxygen atoms in total. The van der Waals surface area contributed by atoms with Crippen molar-refractivity contribution in [3.8, 4) is 0 Å². The topological polar surface area (TPSA) is 114 Å². The molecule has 33 heavy (non-hydrogen) atoms. The van der Waals surface area contributed by atoms with E-state index in [2.05, 4.69) is 26.0 Å². The lowest BCUT2D eigenvalue weighted by atomic mass is 10.0. The standard InChI is InChI=1S/C22H34BrN3O6S/c1-14(31-21(2,3)4)18(24-20(28)32-22(5,6)7)19(27)25-33(29,30)26-11-10-15-8-9-17(23)12-16(15)13-26/h8-9,12,14,18H,10-11,13H2,1-7H3,(H,24,28)(H,25,27)/t14-,18+/m1/s1. The second-order valence-electron chi connectivity index (χ2n) is 10.0. The molecular formula is C22H34BrN3O6S. The number of carbonyl (C=O) groups is 2. The third-order valence-corrected chi connectivity index (χ3v) is 6.62. The van der Waals surface area contributed by atoms with Crippen molar-refractivity contribution in [2.24, 2.45) is 0 Å². The molecule has 0 unspecified atom stereocenters. The monoisotopic (exact) mass is 547 g/mol. The van der Waals surface area contributed by atoms with Crippen LogP contribution in [0.2, 0.25) is 0 Å². The van der Waals surface area contributed by atoms with Gasteiger partial charge in [0.25, 0.3) is 5.91 Å². The molecule has 1 heterocycles. The molecule has 1 aromatic carbocycles. The number of hydrogen-bond acceptors (Lipinski definition) is 6. The second-order valence-corrected chi connectivity index (χ2v) is 12.6. The molecule has 1 aliphatic rings. The van der Waals surface area contributed by atoms with Crippen LogP contribution in [0.3, 0.4) is 0 Å². The summed E-state index contributed by atoms with van der Waals surface area (Å²) < 4.78 is 41.3. The molecule has 1 aliphatic heterocycles. The zero-order valence-corrected chi connectivity index (χ0v) is 22.6. The van der Waals surface area contributed by atoms with Gasteiger partial charge >= 0.3 is 16.3 Å². The fourth-order valence-corrected chi connectivity index (χ4v) is 4.98. The van der Waals surface area contributed by atoms with Gasteiger partial charge in [-0.2, -0.15) is 12.7 Å². The van der Waals surface area contributed by atoms with Gasteiger partial charge in [0.05, 0.1) is 11.7 Å². The van der Waals surface area contributed by atoms with Crippen LogP contribution >= 0.6 is 15.9 Å². The molecule has 1 aromatic rings. The third-order valence-electron chi connectivity index (χ3n) is 4.68. The molecule has 2 N–H and O–H groups in total. The van der Waals surface area contributed by atoms with Crippen molar-refractivity contribution in [2.75, 3.05) is 6.54 Å². The van der Waals surface area contributed by atoms with Crippen LogP contribution in [-0.2, 0) is 37.4 Å². The maximum atomic E-state index is 13.1. The number of amides is 2. The van der Waals surface area contributed by atoms with Gasteiger partial charge in [0.2, 0.25) is 0 Å². The average molecular weight is 549 g/mol. The van der Waals surface area contributed by atoms with E-state index in [9.17, 15) is 18.0 Å². The highest BCUT2D eigenvalue weighted by atomic mass is 79.9. The van der Waals surface area contributed by atoms with Crippen molar-refractivity contribution in [1.82, 2.24) is 14.3 Å². The highest BCUT2D eigenvalue weighted by Gasteiger charge is 2.36. The van der Waals surface area contributed by atoms with Crippen molar-refractivity contribution >= 4 is 38.1 Å². The number of rotatable bonds is 6. The minimum atomic E-state index is -4.16. The molecule has 0 aromatic heterocycles. The summed E-state index contributed by atoms with van der Waals surface area (Å²) in [4.78, 5) is 25.4. The Morgan fingerprint density at radius 3 is 2.30 bits per heavy atom. The fraction of sp³-hybridized carbons (Fsp3) is 0.636. The van der Waals surface area contributed by atoms with Gasteiger partial charge in [-0.05, 0) is 78.1 Å². The predicted octanol–water partition coefficient (Wildman–Crippen LogP) is 3.27. The molecule has 11 heteroatoms. The van der Waals surface area contributed by atoms with E-state index < -0.39 is 45.6 Å². The first-order chi connectivity index (χ1) is 15.0. The van der Waals surface area contributed by atoms with E-state index in [0.29, 0.717) is 6.42 Å². The molecule has 0 aliphatic carbocycles. The number of nitrogens with zero attached hydrogens (tertiary/aromatic N) is 1. The first kappa shape index (κ1) is 27.6. The first-order valence-corrected chi connectivity index (χ1v) is 13.0. The maximum Gasteiger partial charge on any atom is 0.408 e. The molecule has 0 radical (unpaired) electrons. The highest BCUT2D eigenvalue weighted by Crippen LogP contribution is 2.24. The molecule has 186 valence electrons. The Morgan fingerprint density at radius 1 is 1.09 bits per heavy atom. The van der Waals surface area contributed by atoms with Gasteiger partial charge in [-0.15, -0.1) is 0 Å². The Balaban J connectivity index is 2.19.